The molecule has 2 atom stereocenters. The minimum atomic E-state index is -0.0705. The summed E-state index contributed by atoms with van der Waals surface area (Å²) < 4.78 is 5.10. The molecular weight excluding hydrogens is 358 g/mol. The summed E-state index contributed by atoms with van der Waals surface area (Å²) >= 11 is 11.1. The normalized spacial score (nSPS) is 18.2. The Bertz CT molecular complexity index is 765. The highest BCUT2D eigenvalue weighted by Gasteiger charge is 2.43. The summed E-state index contributed by atoms with van der Waals surface area (Å²) in [5, 5.41) is 4.01. The van der Waals surface area contributed by atoms with E-state index >= 15 is 0 Å². The van der Waals surface area contributed by atoms with Gasteiger partial charge in [-0.3, -0.25) is 15.6 Å². The molecule has 0 unspecified atom stereocenters. The number of halogens is 1. The van der Waals surface area contributed by atoms with E-state index in [9.17, 15) is 4.79 Å². The van der Waals surface area contributed by atoms with Gasteiger partial charge in [0.2, 0.25) is 5.91 Å². The van der Waals surface area contributed by atoms with Crippen LogP contribution in [0.2, 0.25) is 5.02 Å². The maximum absolute atomic E-state index is 12.2. The molecule has 0 bridgehead atoms. The predicted octanol–water partition coefficient (Wildman–Crippen LogP) is 3.47. The molecular formula is C18H18ClN3O2S. The van der Waals surface area contributed by atoms with E-state index in [0.717, 1.165) is 23.4 Å². The molecule has 0 heterocycles. The Kier molecular flexibility index (Phi) is 5.40. The van der Waals surface area contributed by atoms with Crippen LogP contribution in [0.1, 0.15) is 17.9 Å². The molecule has 2 aromatic carbocycles. The Morgan fingerprint density at radius 2 is 1.80 bits per heavy atom. The number of anilines is 1. The fraction of sp³-hybridized carbons (Fsp3) is 0.222. The quantitative estimate of drug-likeness (QED) is 0.564. The molecule has 1 fully saturated rings. The van der Waals surface area contributed by atoms with E-state index < -0.39 is 0 Å². The third-order valence-corrected chi connectivity index (χ3v) is 4.53. The second-order valence-corrected chi connectivity index (χ2v) is 6.64. The second-order valence-electron chi connectivity index (χ2n) is 5.80. The highest BCUT2D eigenvalue weighted by Crippen LogP contribution is 2.47. The first-order valence-corrected chi connectivity index (χ1v) is 8.62. The summed E-state index contributed by atoms with van der Waals surface area (Å²) in [7, 11) is 1.61. The number of amides is 1. The molecule has 0 aromatic heterocycles. The molecule has 0 spiro atoms. The predicted molar refractivity (Wildman–Crippen MR) is 103 cm³/mol. The summed E-state index contributed by atoms with van der Waals surface area (Å²) in [5.41, 5.74) is 7.32. The van der Waals surface area contributed by atoms with Gasteiger partial charge in [0.15, 0.2) is 5.11 Å². The fourth-order valence-corrected chi connectivity index (χ4v) is 2.91. The van der Waals surface area contributed by atoms with E-state index in [0.29, 0.717) is 10.1 Å². The lowest BCUT2D eigenvalue weighted by Crippen LogP contribution is -2.44. The molecule has 0 saturated heterocycles. The molecule has 3 N–H and O–H groups in total. The molecule has 3 rings (SSSR count). The van der Waals surface area contributed by atoms with Crippen LogP contribution in [0.4, 0.5) is 5.69 Å². The first-order valence-electron chi connectivity index (χ1n) is 7.83. The average Bonchev–Trinajstić information content (AvgIpc) is 3.42. The molecule has 1 aliphatic carbocycles. The summed E-state index contributed by atoms with van der Waals surface area (Å²) in [4.78, 5) is 12.2. The number of ether oxygens (including phenoxy) is 1. The summed E-state index contributed by atoms with van der Waals surface area (Å²) in [6.07, 6.45) is 0.827. The van der Waals surface area contributed by atoms with E-state index in [2.05, 4.69) is 16.2 Å². The van der Waals surface area contributed by atoms with Gasteiger partial charge in [0.05, 0.1) is 7.11 Å². The van der Waals surface area contributed by atoms with Gasteiger partial charge < -0.3 is 10.1 Å². The van der Waals surface area contributed by atoms with E-state index in [4.69, 9.17) is 28.6 Å². The van der Waals surface area contributed by atoms with Crippen molar-refractivity contribution in [2.45, 2.75) is 12.3 Å². The van der Waals surface area contributed by atoms with Crippen molar-refractivity contribution < 1.29 is 9.53 Å². The van der Waals surface area contributed by atoms with Gasteiger partial charge in [-0.15, -0.1) is 0 Å². The molecule has 0 radical (unpaired) electrons. The largest absolute Gasteiger partial charge is 0.497 e. The first kappa shape index (κ1) is 17.5. The van der Waals surface area contributed by atoms with Gasteiger partial charge in [-0.25, -0.2) is 0 Å². The van der Waals surface area contributed by atoms with Crippen LogP contribution in [0.25, 0.3) is 0 Å². The molecule has 5 nitrogen and oxygen atoms in total. The van der Waals surface area contributed by atoms with Crippen LogP contribution in [0, 0.1) is 5.92 Å². The van der Waals surface area contributed by atoms with Crippen LogP contribution < -0.4 is 20.9 Å². The second kappa shape index (κ2) is 7.72. The van der Waals surface area contributed by atoms with Crippen LogP contribution in [0.5, 0.6) is 5.75 Å². The maximum atomic E-state index is 12.2. The minimum Gasteiger partial charge on any atom is -0.497 e. The number of hydrazine groups is 1. The van der Waals surface area contributed by atoms with Gasteiger partial charge in [0.25, 0.3) is 0 Å². The van der Waals surface area contributed by atoms with Crippen molar-refractivity contribution in [1.29, 1.82) is 0 Å². The van der Waals surface area contributed by atoms with E-state index in [1.807, 2.05) is 48.5 Å². The molecule has 1 amide bonds. The van der Waals surface area contributed by atoms with Gasteiger partial charge in [-0.2, -0.15) is 0 Å². The smallest absolute Gasteiger partial charge is 0.242 e. The number of thiocarbonyl (C=S) groups is 1. The van der Waals surface area contributed by atoms with Gasteiger partial charge in [0, 0.05) is 16.6 Å². The standard InChI is InChI=1S/C18H18ClN3O2S/c1-24-14-8-6-13(7-9-14)20-18(25)22-21-17(23)16-10-15(16)11-2-4-12(19)5-3-11/h2-9,15-16H,10H2,1H3,(H,21,23)(H2,20,22,25)/t15-,16+/m0/s1. The number of carbonyl (C=O) groups is 1. The van der Waals surface area contributed by atoms with Crippen LogP contribution in [0.15, 0.2) is 48.5 Å². The van der Waals surface area contributed by atoms with Gasteiger partial charge >= 0.3 is 0 Å². The molecule has 1 saturated carbocycles. The van der Waals surface area contributed by atoms with Crippen molar-refractivity contribution in [2.75, 3.05) is 12.4 Å². The van der Waals surface area contributed by atoms with Crippen molar-refractivity contribution in [3.8, 4) is 5.75 Å². The first-order chi connectivity index (χ1) is 12.1. The Labute approximate surface area is 156 Å². The Hall–Kier alpha value is -2.31. The van der Waals surface area contributed by atoms with Crippen LogP contribution >= 0.6 is 23.8 Å². The molecule has 0 aliphatic heterocycles. The Morgan fingerprint density at radius 3 is 2.44 bits per heavy atom. The van der Waals surface area contributed by atoms with E-state index in [-0.39, 0.29) is 17.7 Å². The topological polar surface area (TPSA) is 62.4 Å². The number of methoxy groups -OCH3 is 1. The maximum Gasteiger partial charge on any atom is 0.242 e. The third-order valence-electron chi connectivity index (χ3n) is 4.07. The van der Waals surface area contributed by atoms with Gasteiger partial charge in [0.1, 0.15) is 5.75 Å². The van der Waals surface area contributed by atoms with Crippen molar-refractivity contribution in [3.05, 3.63) is 59.1 Å². The van der Waals surface area contributed by atoms with Crippen LogP contribution in [-0.4, -0.2) is 18.1 Å². The SMILES string of the molecule is COc1ccc(NC(=S)NNC(=O)[C@@H]2C[C@H]2c2ccc(Cl)cc2)cc1. The lowest BCUT2D eigenvalue weighted by Gasteiger charge is -2.12. The van der Waals surface area contributed by atoms with Crippen molar-refractivity contribution in [1.82, 2.24) is 10.9 Å². The number of rotatable bonds is 4. The van der Waals surface area contributed by atoms with Crippen molar-refractivity contribution in [3.63, 3.8) is 0 Å². The molecule has 130 valence electrons. The van der Waals surface area contributed by atoms with Crippen LogP contribution in [-0.2, 0) is 4.79 Å². The number of hydrogen-bond acceptors (Lipinski definition) is 3. The molecule has 2 aromatic rings. The number of nitrogens with one attached hydrogen (secondary N) is 3. The number of benzene rings is 2. The van der Waals surface area contributed by atoms with E-state index in [1.54, 1.807) is 7.11 Å². The number of carbonyl (C=O) groups excluding carboxylic acids is 1. The zero-order valence-corrected chi connectivity index (χ0v) is 15.2. The van der Waals surface area contributed by atoms with Crippen LogP contribution in [0.3, 0.4) is 0 Å². The van der Waals surface area contributed by atoms with Gasteiger partial charge in [-0.05, 0) is 66.5 Å². The minimum absolute atomic E-state index is 0.0440. The summed E-state index contributed by atoms with van der Waals surface area (Å²) in [6, 6.07) is 14.9. The molecule has 1 aliphatic rings. The summed E-state index contributed by atoms with van der Waals surface area (Å²) in [6.45, 7) is 0. The fourth-order valence-electron chi connectivity index (χ4n) is 2.61. The third kappa shape index (κ3) is 4.61. The highest BCUT2D eigenvalue weighted by atomic mass is 35.5. The molecule has 25 heavy (non-hydrogen) atoms. The van der Waals surface area contributed by atoms with Crippen molar-refractivity contribution in [2.24, 2.45) is 5.92 Å². The van der Waals surface area contributed by atoms with Gasteiger partial charge in [-0.1, -0.05) is 23.7 Å². The zero-order chi connectivity index (χ0) is 17.8. The van der Waals surface area contributed by atoms with E-state index in [1.165, 1.54) is 0 Å². The zero-order valence-electron chi connectivity index (χ0n) is 13.6. The average molecular weight is 376 g/mol. The Morgan fingerprint density at radius 1 is 1.12 bits per heavy atom. The Balaban J connectivity index is 1.44. The summed E-state index contributed by atoms with van der Waals surface area (Å²) in [5.74, 6) is 0.887. The lowest BCUT2D eigenvalue weighted by molar-refractivity contribution is -0.122. The molecule has 7 heteroatoms. The lowest BCUT2D eigenvalue weighted by atomic mass is 10.1. The highest BCUT2D eigenvalue weighted by molar-refractivity contribution is 7.80. The number of hydrogen-bond donors (Lipinski definition) is 3. The van der Waals surface area contributed by atoms with Crippen molar-refractivity contribution >= 4 is 40.5 Å². The monoisotopic (exact) mass is 375 g/mol.